The topological polar surface area (TPSA) is 112 Å². The minimum atomic E-state index is -0.541. The third-order valence-corrected chi connectivity index (χ3v) is 5.55. The van der Waals surface area contributed by atoms with E-state index in [1.54, 1.807) is 16.8 Å². The van der Waals surface area contributed by atoms with Crippen LogP contribution in [0.15, 0.2) is 52.2 Å². The second-order valence-electron chi connectivity index (χ2n) is 7.98. The van der Waals surface area contributed by atoms with Gasteiger partial charge in [-0.3, -0.25) is 19.3 Å². The number of benzene rings is 1. The first kappa shape index (κ1) is 23.2. The number of nitrogens with one attached hydrogen (secondary N) is 1. The van der Waals surface area contributed by atoms with Gasteiger partial charge in [0.25, 0.3) is 5.56 Å². The monoisotopic (exact) mass is 461 g/mol. The molecule has 4 aromatic rings. The molecule has 0 saturated carbocycles. The Morgan fingerprint density at radius 3 is 2.71 bits per heavy atom. The van der Waals surface area contributed by atoms with Gasteiger partial charge in [0, 0.05) is 36.3 Å². The van der Waals surface area contributed by atoms with Gasteiger partial charge in [0.1, 0.15) is 12.4 Å². The van der Waals surface area contributed by atoms with E-state index < -0.39 is 17.2 Å². The molecule has 176 valence electrons. The number of carbonyl (C=O) groups is 1. The summed E-state index contributed by atoms with van der Waals surface area (Å²) in [7, 11) is 0. The number of pyridine rings is 1. The van der Waals surface area contributed by atoms with Crippen LogP contribution in [0.25, 0.3) is 28.1 Å². The second kappa shape index (κ2) is 10.3. The van der Waals surface area contributed by atoms with Crippen LogP contribution in [-0.2, 0) is 29.2 Å². The fourth-order valence-electron chi connectivity index (χ4n) is 3.92. The van der Waals surface area contributed by atoms with Gasteiger partial charge in [-0.1, -0.05) is 44.5 Å². The number of carbonyl (C=O) groups excluding carboxylic acids is 1. The summed E-state index contributed by atoms with van der Waals surface area (Å²) in [5.74, 6) is -0.118. The standard InChI is InChI=1S/C25H27N5O4/c1-3-5-15-30-23-22(24(32)28-25(30)33)29(14-4-2)19(27-23)16-34-20(31)12-11-18-9-6-8-17-10-7-13-26-21(17)18/h6-13H,3-5,14-16H2,1-2H3,(H,28,32,33)/b12-11+. The van der Waals surface area contributed by atoms with Gasteiger partial charge in [-0.15, -0.1) is 0 Å². The van der Waals surface area contributed by atoms with Gasteiger partial charge in [-0.2, -0.15) is 0 Å². The molecule has 0 atom stereocenters. The quantitative estimate of drug-likeness (QED) is 0.302. The number of para-hydroxylation sites is 1. The van der Waals surface area contributed by atoms with E-state index in [0.29, 0.717) is 30.1 Å². The molecule has 3 aromatic heterocycles. The first-order valence-corrected chi connectivity index (χ1v) is 11.4. The van der Waals surface area contributed by atoms with E-state index in [9.17, 15) is 14.4 Å². The second-order valence-corrected chi connectivity index (χ2v) is 7.98. The number of unbranched alkanes of at least 4 members (excludes halogenated alkanes) is 1. The molecule has 0 saturated heterocycles. The SMILES string of the molecule is CCCCn1c(=O)[nH]c(=O)c2c1nc(COC(=O)/C=C/c1cccc3cccnc13)n2CCC. The Morgan fingerprint density at radius 2 is 1.91 bits per heavy atom. The summed E-state index contributed by atoms with van der Waals surface area (Å²) in [5.41, 5.74) is 1.26. The molecule has 0 aliphatic carbocycles. The minimum absolute atomic E-state index is 0.118. The molecule has 1 aromatic carbocycles. The number of H-pyrrole nitrogens is 1. The Balaban J connectivity index is 1.60. The van der Waals surface area contributed by atoms with Crippen molar-refractivity contribution in [3.8, 4) is 0 Å². The molecule has 0 bridgehead atoms. The number of ether oxygens (including phenoxy) is 1. The Bertz CT molecular complexity index is 1470. The van der Waals surface area contributed by atoms with Gasteiger partial charge in [-0.25, -0.2) is 14.6 Å². The van der Waals surface area contributed by atoms with E-state index in [1.165, 1.54) is 10.6 Å². The first-order valence-electron chi connectivity index (χ1n) is 11.4. The van der Waals surface area contributed by atoms with Crippen molar-refractivity contribution in [1.82, 2.24) is 24.1 Å². The summed E-state index contributed by atoms with van der Waals surface area (Å²) < 4.78 is 8.64. The molecule has 4 rings (SSSR count). The van der Waals surface area contributed by atoms with E-state index in [4.69, 9.17) is 4.74 Å². The summed E-state index contributed by atoms with van der Waals surface area (Å²) in [6.07, 6.45) is 7.14. The maximum atomic E-state index is 12.6. The predicted octanol–water partition coefficient (Wildman–Crippen LogP) is 3.40. The molecule has 0 radical (unpaired) electrons. The van der Waals surface area contributed by atoms with Crippen molar-refractivity contribution in [2.45, 2.75) is 52.8 Å². The van der Waals surface area contributed by atoms with Gasteiger partial charge >= 0.3 is 11.7 Å². The fourth-order valence-corrected chi connectivity index (χ4v) is 3.92. The van der Waals surface area contributed by atoms with Crippen LogP contribution >= 0.6 is 0 Å². The highest BCUT2D eigenvalue weighted by atomic mass is 16.5. The van der Waals surface area contributed by atoms with Gasteiger partial charge < -0.3 is 9.30 Å². The van der Waals surface area contributed by atoms with E-state index >= 15 is 0 Å². The molecule has 0 unspecified atom stereocenters. The highest BCUT2D eigenvalue weighted by molar-refractivity contribution is 5.92. The molecular formula is C25H27N5O4. The molecule has 0 aliphatic rings. The van der Waals surface area contributed by atoms with Crippen LogP contribution in [0.2, 0.25) is 0 Å². The largest absolute Gasteiger partial charge is 0.454 e. The molecule has 9 heteroatoms. The zero-order valence-corrected chi connectivity index (χ0v) is 19.3. The number of aromatic amines is 1. The Kier molecular flexibility index (Phi) is 7.01. The summed E-state index contributed by atoms with van der Waals surface area (Å²) >= 11 is 0. The first-order chi connectivity index (χ1) is 16.5. The van der Waals surface area contributed by atoms with Gasteiger partial charge in [-0.05, 0) is 25.0 Å². The van der Waals surface area contributed by atoms with Crippen LogP contribution in [-0.4, -0.2) is 30.1 Å². The maximum absolute atomic E-state index is 12.6. The Hall–Kier alpha value is -4.01. The lowest BCUT2D eigenvalue weighted by atomic mass is 10.1. The number of aromatic nitrogens is 5. The summed E-state index contributed by atoms with van der Waals surface area (Å²) in [6.45, 7) is 4.84. The molecule has 0 fully saturated rings. The average Bonchev–Trinajstić information content (AvgIpc) is 3.20. The maximum Gasteiger partial charge on any atom is 0.331 e. The number of esters is 1. The Labute approximate surface area is 195 Å². The molecule has 0 aliphatic heterocycles. The minimum Gasteiger partial charge on any atom is -0.454 e. The van der Waals surface area contributed by atoms with E-state index in [0.717, 1.165) is 35.7 Å². The van der Waals surface area contributed by atoms with Gasteiger partial charge in [0.05, 0.1) is 5.52 Å². The number of rotatable bonds is 9. The third kappa shape index (κ3) is 4.68. The number of imidazole rings is 1. The number of nitrogens with zero attached hydrogens (tertiary/aromatic N) is 4. The highest BCUT2D eigenvalue weighted by Crippen LogP contribution is 2.18. The van der Waals surface area contributed by atoms with Crippen LogP contribution in [0.3, 0.4) is 0 Å². The highest BCUT2D eigenvalue weighted by Gasteiger charge is 2.19. The molecule has 9 nitrogen and oxygen atoms in total. The number of fused-ring (bicyclic) bond motifs is 2. The molecule has 1 N–H and O–H groups in total. The van der Waals surface area contributed by atoms with E-state index in [2.05, 4.69) is 15.0 Å². The fraction of sp³-hybridized carbons (Fsp3) is 0.320. The van der Waals surface area contributed by atoms with Crippen molar-refractivity contribution in [2.24, 2.45) is 0 Å². The molecule has 3 heterocycles. The summed E-state index contributed by atoms with van der Waals surface area (Å²) in [6, 6.07) is 9.55. The molecular weight excluding hydrogens is 434 g/mol. The molecule has 34 heavy (non-hydrogen) atoms. The van der Waals surface area contributed by atoms with Gasteiger partial charge in [0.15, 0.2) is 11.2 Å². The molecule has 0 spiro atoms. The van der Waals surface area contributed by atoms with Crippen LogP contribution in [0.5, 0.6) is 0 Å². The van der Waals surface area contributed by atoms with Crippen molar-refractivity contribution in [1.29, 1.82) is 0 Å². The van der Waals surface area contributed by atoms with Crippen LogP contribution in [0, 0.1) is 0 Å². The van der Waals surface area contributed by atoms with Crippen LogP contribution in [0.4, 0.5) is 0 Å². The summed E-state index contributed by atoms with van der Waals surface area (Å²) in [5, 5.41) is 0.977. The van der Waals surface area contributed by atoms with Crippen LogP contribution < -0.4 is 11.2 Å². The van der Waals surface area contributed by atoms with E-state index in [-0.39, 0.29) is 6.61 Å². The van der Waals surface area contributed by atoms with Crippen molar-refractivity contribution in [2.75, 3.05) is 0 Å². The van der Waals surface area contributed by atoms with Crippen LogP contribution in [0.1, 0.15) is 44.5 Å². The zero-order valence-electron chi connectivity index (χ0n) is 19.3. The summed E-state index contributed by atoms with van der Waals surface area (Å²) in [4.78, 5) is 48.7. The lowest BCUT2D eigenvalue weighted by Gasteiger charge is -2.08. The van der Waals surface area contributed by atoms with Crippen molar-refractivity contribution >= 4 is 34.1 Å². The van der Waals surface area contributed by atoms with E-state index in [1.807, 2.05) is 44.2 Å². The number of hydrogen-bond donors (Lipinski definition) is 1. The lowest BCUT2D eigenvalue weighted by Crippen LogP contribution is -2.31. The molecule has 0 amide bonds. The smallest absolute Gasteiger partial charge is 0.331 e. The average molecular weight is 462 g/mol. The number of hydrogen-bond acceptors (Lipinski definition) is 6. The van der Waals surface area contributed by atoms with Gasteiger partial charge in [0.2, 0.25) is 0 Å². The third-order valence-electron chi connectivity index (χ3n) is 5.55. The zero-order chi connectivity index (χ0) is 24.1. The number of aryl methyl sites for hydroxylation is 2. The normalized spacial score (nSPS) is 11.6. The predicted molar refractivity (Wildman–Crippen MR) is 130 cm³/mol. The van der Waals surface area contributed by atoms with Crippen molar-refractivity contribution in [3.63, 3.8) is 0 Å². The van der Waals surface area contributed by atoms with Crippen molar-refractivity contribution < 1.29 is 9.53 Å². The Morgan fingerprint density at radius 1 is 1.09 bits per heavy atom. The lowest BCUT2D eigenvalue weighted by molar-refractivity contribution is -0.139. The van der Waals surface area contributed by atoms with Crippen molar-refractivity contribution in [3.05, 3.63) is 74.8 Å².